The Morgan fingerprint density at radius 3 is 2.57 bits per heavy atom. The Kier molecular flexibility index (Phi) is 1.25. The van der Waals surface area contributed by atoms with Crippen LogP contribution in [0.4, 0.5) is 4.39 Å². The fraction of sp³-hybridized carbons (Fsp3) is 0.333. The van der Waals surface area contributed by atoms with Crippen LogP contribution in [-0.4, -0.2) is 0 Å². The normalized spacial score (nSPS) is 19.3. The van der Waals surface area contributed by atoms with E-state index in [9.17, 15) is 4.39 Å². The van der Waals surface area contributed by atoms with Crippen molar-refractivity contribution in [1.29, 1.82) is 0 Å². The fourth-order valence-electron chi connectivity index (χ4n) is 0.571. The van der Waals surface area contributed by atoms with Gasteiger partial charge in [0, 0.05) is 6.42 Å². The summed E-state index contributed by atoms with van der Waals surface area (Å²) in [5.74, 6) is 0.00231. The van der Waals surface area contributed by atoms with Crippen LogP contribution in [-0.2, 0) is 0 Å². The second kappa shape index (κ2) is 1.92. The lowest BCUT2D eigenvalue weighted by Crippen LogP contribution is -1.75. The van der Waals surface area contributed by atoms with Crippen LogP contribution in [0.15, 0.2) is 24.1 Å². The van der Waals surface area contributed by atoms with Crippen LogP contribution in [0.2, 0.25) is 0 Å². The zero-order valence-electron chi connectivity index (χ0n) is 4.02. The molecule has 1 aliphatic rings. The molecule has 0 N–H and O–H groups in total. The fourth-order valence-corrected chi connectivity index (χ4v) is 0.571. The molecule has 0 nitrogen and oxygen atoms in total. The van der Waals surface area contributed by atoms with Crippen LogP contribution >= 0.6 is 0 Å². The monoisotopic (exact) mass is 98.1 g/mol. The molecule has 1 heteroatoms. The SMILES string of the molecule is FC1=CCC=CC1. The molecule has 0 atom stereocenters. The Morgan fingerprint density at radius 2 is 2.29 bits per heavy atom. The number of rotatable bonds is 0. The molecule has 0 saturated heterocycles. The highest BCUT2D eigenvalue weighted by Gasteiger charge is 1.91. The van der Waals surface area contributed by atoms with Crippen molar-refractivity contribution >= 4 is 0 Å². The van der Waals surface area contributed by atoms with Crippen LogP contribution in [0.1, 0.15) is 12.8 Å². The van der Waals surface area contributed by atoms with E-state index < -0.39 is 0 Å². The molecule has 0 bridgehead atoms. The second-order valence-electron chi connectivity index (χ2n) is 1.56. The van der Waals surface area contributed by atoms with Gasteiger partial charge in [0.2, 0.25) is 0 Å². The maximum absolute atomic E-state index is 12.0. The highest BCUT2D eigenvalue weighted by atomic mass is 19.1. The maximum atomic E-state index is 12.0. The molecule has 7 heavy (non-hydrogen) atoms. The minimum absolute atomic E-state index is 0.00231. The average Bonchev–Trinajstić information content (AvgIpc) is 1.69. The summed E-state index contributed by atoms with van der Waals surface area (Å²) < 4.78 is 12.0. The minimum Gasteiger partial charge on any atom is -0.212 e. The van der Waals surface area contributed by atoms with Gasteiger partial charge < -0.3 is 0 Å². The average molecular weight is 98.1 g/mol. The van der Waals surface area contributed by atoms with Crippen LogP contribution in [0, 0.1) is 0 Å². The third kappa shape index (κ3) is 1.15. The predicted octanol–water partition coefficient (Wildman–Crippen LogP) is 2.19. The van der Waals surface area contributed by atoms with Crippen molar-refractivity contribution in [2.75, 3.05) is 0 Å². The van der Waals surface area contributed by atoms with Crippen molar-refractivity contribution < 1.29 is 4.39 Å². The third-order valence-corrected chi connectivity index (χ3v) is 0.955. The van der Waals surface area contributed by atoms with Crippen LogP contribution in [0.3, 0.4) is 0 Å². The Morgan fingerprint density at radius 1 is 1.43 bits per heavy atom. The van der Waals surface area contributed by atoms with E-state index in [0.717, 1.165) is 6.42 Å². The number of halogens is 1. The molecule has 0 unspecified atom stereocenters. The van der Waals surface area contributed by atoms with Crippen LogP contribution in [0.25, 0.3) is 0 Å². The lowest BCUT2D eigenvalue weighted by molar-refractivity contribution is 0.609. The van der Waals surface area contributed by atoms with E-state index in [0.29, 0.717) is 6.42 Å². The molecule has 0 spiro atoms. The summed E-state index contributed by atoms with van der Waals surface area (Å²) in [7, 11) is 0. The summed E-state index contributed by atoms with van der Waals surface area (Å²) >= 11 is 0. The van der Waals surface area contributed by atoms with Gasteiger partial charge in [-0.2, -0.15) is 0 Å². The number of hydrogen-bond acceptors (Lipinski definition) is 0. The van der Waals surface area contributed by atoms with Gasteiger partial charge >= 0.3 is 0 Å². The van der Waals surface area contributed by atoms with Crippen molar-refractivity contribution in [3.63, 3.8) is 0 Å². The maximum Gasteiger partial charge on any atom is 0.100 e. The first kappa shape index (κ1) is 4.57. The quantitative estimate of drug-likeness (QED) is 0.407. The molecule has 0 aliphatic heterocycles. The molecule has 0 aromatic carbocycles. The molecular weight excluding hydrogens is 91.1 g/mol. The largest absolute Gasteiger partial charge is 0.212 e. The molecular formula is C6H7F. The summed E-state index contributed by atoms with van der Waals surface area (Å²) in [5.41, 5.74) is 0. The highest BCUT2D eigenvalue weighted by molar-refractivity contribution is 5.08. The van der Waals surface area contributed by atoms with Gasteiger partial charge in [-0.25, -0.2) is 4.39 Å². The Balaban J connectivity index is 2.50. The summed E-state index contributed by atoms with van der Waals surface area (Å²) in [5, 5.41) is 0. The van der Waals surface area contributed by atoms with E-state index in [1.807, 2.05) is 12.2 Å². The Labute approximate surface area is 42.3 Å². The molecule has 0 radical (unpaired) electrons. The molecule has 1 rings (SSSR count). The van der Waals surface area contributed by atoms with Crippen molar-refractivity contribution in [3.8, 4) is 0 Å². The smallest absolute Gasteiger partial charge is 0.100 e. The van der Waals surface area contributed by atoms with Crippen molar-refractivity contribution in [2.45, 2.75) is 12.8 Å². The molecule has 0 fully saturated rings. The van der Waals surface area contributed by atoms with Crippen molar-refractivity contribution in [2.24, 2.45) is 0 Å². The standard InChI is InChI=1S/C6H7F/c7-6-4-2-1-3-5-6/h1-2,5H,3-4H2. The van der Waals surface area contributed by atoms with Gasteiger partial charge in [-0.05, 0) is 12.5 Å². The number of allylic oxidation sites excluding steroid dienone is 4. The van der Waals surface area contributed by atoms with E-state index in [4.69, 9.17) is 0 Å². The second-order valence-corrected chi connectivity index (χ2v) is 1.56. The van der Waals surface area contributed by atoms with Gasteiger partial charge in [-0.1, -0.05) is 12.2 Å². The zero-order valence-corrected chi connectivity index (χ0v) is 4.02. The Hall–Kier alpha value is -0.590. The van der Waals surface area contributed by atoms with E-state index >= 15 is 0 Å². The first-order chi connectivity index (χ1) is 3.39. The van der Waals surface area contributed by atoms with Gasteiger partial charge in [-0.15, -0.1) is 0 Å². The van der Waals surface area contributed by atoms with E-state index in [1.165, 1.54) is 0 Å². The summed E-state index contributed by atoms with van der Waals surface area (Å²) in [4.78, 5) is 0. The topological polar surface area (TPSA) is 0 Å². The van der Waals surface area contributed by atoms with Gasteiger partial charge in [0.25, 0.3) is 0 Å². The molecule has 1 aliphatic carbocycles. The van der Waals surface area contributed by atoms with Crippen molar-refractivity contribution in [3.05, 3.63) is 24.1 Å². The number of hydrogen-bond donors (Lipinski definition) is 0. The molecule has 0 saturated carbocycles. The first-order valence-electron chi connectivity index (χ1n) is 2.39. The minimum atomic E-state index is 0.00231. The summed E-state index contributed by atoms with van der Waals surface area (Å²) in [6.45, 7) is 0. The van der Waals surface area contributed by atoms with Crippen LogP contribution < -0.4 is 0 Å². The molecule has 0 amide bonds. The van der Waals surface area contributed by atoms with Gasteiger partial charge in [0.1, 0.15) is 5.83 Å². The van der Waals surface area contributed by atoms with Gasteiger partial charge in [0.05, 0.1) is 0 Å². The summed E-state index contributed by atoms with van der Waals surface area (Å²) in [6.07, 6.45) is 6.67. The third-order valence-electron chi connectivity index (χ3n) is 0.955. The highest BCUT2D eigenvalue weighted by Crippen LogP contribution is 2.10. The molecule has 38 valence electrons. The molecule has 0 heterocycles. The predicted molar refractivity (Wildman–Crippen MR) is 27.6 cm³/mol. The zero-order chi connectivity index (χ0) is 5.11. The van der Waals surface area contributed by atoms with Gasteiger partial charge in [-0.3, -0.25) is 0 Å². The van der Waals surface area contributed by atoms with Crippen molar-refractivity contribution in [1.82, 2.24) is 0 Å². The van der Waals surface area contributed by atoms with Gasteiger partial charge in [0.15, 0.2) is 0 Å². The first-order valence-corrected chi connectivity index (χ1v) is 2.39. The summed E-state index contributed by atoms with van der Waals surface area (Å²) in [6, 6.07) is 0. The Bertz CT molecular complexity index is 111. The van der Waals surface area contributed by atoms with E-state index in [-0.39, 0.29) is 5.83 Å². The van der Waals surface area contributed by atoms with E-state index in [1.54, 1.807) is 6.08 Å². The lowest BCUT2D eigenvalue weighted by atomic mass is 10.2. The van der Waals surface area contributed by atoms with E-state index in [2.05, 4.69) is 0 Å². The molecule has 0 aromatic rings. The van der Waals surface area contributed by atoms with Crippen LogP contribution in [0.5, 0.6) is 0 Å². The lowest BCUT2D eigenvalue weighted by Gasteiger charge is -1.93. The molecule has 0 aromatic heterocycles.